The highest BCUT2D eigenvalue weighted by Crippen LogP contribution is 2.23. The Labute approximate surface area is 221 Å². The van der Waals surface area contributed by atoms with Crippen LogP contribution in [0.2, 0.25) is 0 Å². The lowest BCUT2D eigenvalue weighted by molar-refractivity contribution is -0.144. The van der Waals surface area contributed by atoms with Crippen molar-refractivity contribution in [2.75, 3.05) is 13.2 Å². The van der Waals surface area contributed by atoms with E-state index in [-0.39, 0.29) is 48.7 Å². The van der Waals surface area contributed by atoms with Crippen molar-refractivity contribution in [3.8, 4) is 11.5 Å². The topological polar surface area (TPSA) is 139 Å². The first-order valence-corrected chi connectivity index (χ1v) is 11.7. The van der Waals surface area contributed by atoms with Gasteiger partial charge in [-0.15, -0.1) is 0 Å². The Balaban J connectivity index is 1.66. The average Bonchev–Trinajstić information content (AvgIpc) is 2.84. The van der Waals surface area contributed by atoms with Crippen LogP contribution in [0.15, 0.2) is 57.5 Å². The molecule has 0 fully saturated rings. The molecule has 0 aromatic heterocycles. The fourth-order valence-electron chi connectivity index (χ4n) is 2.46. The summed E-state index contributed by atoms with van der Waals surface area (Å²) in [5.74, 6) is -3.14. The zero-order chi connectivity index (χ0) is 26.5. The number of hydrogen-bond acceptors (Lipinski definition) is 10. The minimum absolute atomic E-state index is 0.0667. The van der Waals surface area contributed by atoms with Crippen molar-refractivity contribution in [3.05, 3.63) is 68.6 Å². The number of carbonyl (C=O) groups is 6. The molecule has 188 valence electrons. The van der Waals surface area contributed by atoms with Gasteiger partial charge in [0.15, 0.2) is 12.6 Å². The van der Waals surface area contributed by atoms with Crippen LogP contribution < -0.4 is 9.47 Å². The number of esters is 4. The van der Waals surface area contributed by atoms with Gasteiger partial charge in [0.2, 0.25) is 0 Å². The highest BCUT2D eigenvalue weighted by atomic mass is 79.9. The normalized spacial score (nSPS) is 10.4. The van der Waals surface area contributed by atoms with Crippen molar-refractivity contribution in [3.63, 3.8) is 0 Å². The summed E-state index contributed by atoms with van der Waals surface area (Å²) in [6.45, 7) is -0.649. The van der Waals surface area contributed by atoms with E-state index < -0.39 is 23.9 Å². The Morgan fingerprint density at radius 1 is 0.667 bits per heavy atom. The number of carbonyl (C=O) groups excluding carboxylic acids is 6. The van der Waals surface area contributed by atoms with E-state index in [1.165, 1.54) is 24.3 Å². The van der Waals surface area contributed by atoms with Gasteiger partial charge in [-0.25, -0.2) is 9.59 Å². The monoisotopic (exact) mass is 624 g/mol. The number of benzene rings is 2. The second kappa shape index (κ2) is 14.7. The van der Waals surface area contributed by atoms with E-state index in [0.717, 1.165) is 12.2 Å². The minimum atomic E-state index is -0.909. The molecule has 0 unspecified atom stereocenters. The van der Waals surface area contributed by atoms with Crippen LogP contribution in [0, 0.1) is 0 Å². The van der Waals surface area contributed by atoms with Gasteiger partial charge in [0.05, 0.1) is 24.0 Å². The molecule has 2 rings (SSSR count). The minimum Gasteiger partial charge on any atom is -0.462 e. The Morgan fingerprint density at radius 3 is 1.42 bits per heavy atom. The molecular formula is C24H18Br2O10. The van der Waals surface area contributed by atoms with Crippen molar-refractivity contribution < 1.29 is 47.7 Å². The summed E-state index contributed by atoms with van der Waals surface area (Å²) < 4.78 is 21.0. The van der Waals surface area contributed by atoms with E-state index in [4.69, 9.17) is 18.9 Å². The molecule has 2 aromatic rings. The highest BCUT2D eigenvalue weighted by Gasteiger charge is 2.12. The number of halogens is 2. The molecule has 0 N–H and O–H groups in total. The van der Waals surface area contributed by atoms with Gasteiger partial charge in [-0.3, -0.25) is 19.2 Å². The first-order chi connectivity index (χ1) is 17.2. The van der Waals surface area contributed by atoms with Gasteiger partial charge in [-0.2, -0.15) is 0 Å². The number of rotatable bonds is 12. The van der Waals surface area contributed by atoms with E-state index >= 15 is 0 Å². The molecule has 0 spiro atoms. The second-order valence-electron chi connectivity index (χ2n) is 6.72. The van der Waals surface area contributed by atoms with Crippen molar-refractivity contribution >= 4 is 68.3 Å². The van der Waals surface area contributed by atoms with Gasteiger partial charge < -0.3 is 18.9 Å². The summed E-state index contributed by atoms with van der Waals surface area (Å²) in [5, 5.41) is 0. The van der Waals surface area contributed by atoms with Gasteiger partial charge >= 0.3 is 23.9 Å². The lowest BCUT2D eigenvalue weighted by Crippen LogP contribution is -2.15. The summed E-state index contributed by atoms with van der Waals surface area (Å²) in [5.41, 5.74) is 0.340. The summed E-state index contributed by atoms with van der Waals surface area (Å²) in [4.78, 5) is 69.1. The maximum atomic E-state index is 11.9. The standard InChI is InChI=1S/C24H18Br2O10/c25-17-1-3-19(15(11-17)13-27)35-23(31)7-9-33-21(29)5-6-22(30)34-10-8-24(32)36-20-4-2-18(26)12-16(20)14-28/h1-6,11-14H,7-10H2/b6-5-. The molecule has 0 aliphatic carbocycles. The van der Waals surface area contributed by atoms with Crippen LogP contribution in [0.25, 0.3) is 0 Å². The average molecular weight is 626 g/mol. The predicted octanol–water partition coefficient (Wildman–Crippen LogP) is 3.77. The summed E-state index contributed by atoms with van der Waals surface area (Å²) >= 11 is 6.39. The Bertz CT molecular complexity index is 1100. The molecule has 0 radical (unpaired) electrons. The van der Waals surface area contributed by atoms with Crippen molar-refractivity contribution in [2.45, 2.75) is 12.8 Å². The van der Waals surface area contributed by atoms with Gasteiger partial charge in [0, 0.05) is 21.1 Å². The van der Waals surface area contributed by atoms with Crippen LogP contribution in [0.5, 0.6) is 11.5 Å². The summed E-state index contributed by atoms with van der Waals surface area (Å²) in [7, 11) is 0. The smallest absolute Gasteiger partial charge is 0.331 e. The van der Waals surface area contributed by atoms with Crippen LogP contribution in [-0.4, -0.2) is 49.7 Å². The third-order valence-corrected chi connectivity index (χ3v) is 5.09. The Kier molecular flexibility index (Phi) is 11.7. The Hall–Kier alpha value is -3.64. The first kappa shape index (κ1) is 28.6. The molecule has 12 heteroatoms. The molecule has 10 nitrogen and oxygen atoms in total. The lowest BCUT2D eigenvalue weighted by atomic mass is 10.2. The third kappa shape index (κ3) is 9.92. The third-order valence-electron chi connectivity index (χ3n) is 4.10. The molecule has 0 bridgehead atoms. The maximum absolute atomic E-state index is 11.9. The Morgan fingerprint density at radius 2 is 1.06 bits per heavy atom. The molecule has 0 atom stereocenters. The molecule has 0 aliphatic rings. The van der Waals surface area contributed by atoms with Gasteiger partial charge in [-0.1, -0.05) is 31.9 Å². The quantitative estimate of drug-likeness (QED) is 0.148. The van der Waals surface area contributed by atoms with Gasteiger partial charge in [0.1, 0.15) is 24.7 Å². The second-order valence-corrected chi connectivity index (χ2v) is 8.55. The van der Waals surface area contributed by atoms with Gasteiger partial charge in [0.25, 0.3) is 0 Å². The van der Waals surface area contributed by atoms with Crippen LogP contribution in [-0.2, 0) is 28.7 Å². The van der Waals surface area contributed by atoms with Crippen LogP contribution in [0.4, 0.5) is 0 Å². The zero-order valence-corrected chi connectivity index (χ0v) is 21.6. The van der Waals surface area contributed by atoms with Crippen molar-refractivity contribution in [2.24, 2.45) is 0 Å². The van der Waals surface area contributed by atoms with E-state index in [9.17, 15) is 28.8 Å². The molecule has 2 aromatic carbocycles. The lowest BCUT2D eigenvalue weighted by Gasteiger charge is -2.07. The maximum Gasteiger partial charge on any atom is 0.331 e. The molecular weight excluding hydrogens is 608 g/mol. The summed E-state index contributed by atoms with van der Waals surface area (Å²) in [6.07, 6.45) is 2.08. The van der Waals surface area contributed by atoms with Crippen LogP contribution >= 0.6 is 31.9 Å². The molecule has 36 heavy (non-hydrogen) atoms. The largest absolute Gasteiger partial charge is 0.462 e. The van der Waals surface area contributed by atoms with Crippen molar-refractivity contribution in [1.82, 2.24) is 0 Å². The van der Waals surface area contributed by atoms with E-state index in [0.29, 0.717) is 21.5 Å². The van der Waals surface area contributed by atoms with Crippen LogP contribution in [0.1, 0.15) is 33.6 Å². The zero-order valence-electron chi connectivity index (χ0n) is 18.4. The highest BCUT2D eigenvalue weighted by molar-refractivity contribution is 9.10. The number of aldehydes is 2. The summed E-state index contributed by atoms with van der Waals surface area (Å²) in [6, 6.07) is 9.02. The van der Waals surface area contributed by atoms with Gasteiger partial charge in [-0.05, 0) is 36.4 Å². The molecule has 0 saturated carbocycles. The fourth-order valence-corrected chi connectivity index (χ4v) is 3.22. The molecule has 0 heterocycles. The number of hydrogen-bond donors (Lipinski definition) is 0. The fraction of sp³-hybridized carbons (Fsp3) is 0.167. The SMILES string of the molecule is O=Cc1cc(Br)ccc1OC(=O)CCOC(=O)/C=C\C(=O)OCCC(=O)Oc1ccc(Br)cc1C=O. The first-order valence-electron chi connectivity index (χ1n) is 10.1. The molecule has 0 saturated heterocycles. The van der Waals surface area contributed by atoms with E-state index in [2.05, 4.69) is 31.9 Å². The van der Waals surface area contributed by atoms with Crippen LogP contribution in [0.3, 0.4) is 0 Å². The predicted molar refractivity (Wildman–Crippen MR) is 131 cm³/mol. The molecule has 0 aliphatic heterocycles. The van der Waals surface area contributed by atoms with E-state index in [1.54, 1.807) is 12.1 Å². The number of ether oxygens (including phenoxy) is 4. The van der Waals surface area contributed by atoms with Crippen molar-refractivity contribution in [1.29, 1.82) is 0 Å². The van der Waals surface area contributed by atoms with E-state index in [1.807, 2.05) is 0 Å². The molecule has 0 amide bonds.